The molecule has 0 aliphatic heterocycles. The van der Waals surface area contributed by atoms with Crippen molar-refractivity contribution in [3.63, 3.8) is 0 Å². The third-order valence-corrected chi connectivity index (χ3v) is 2.29. The van der Waals surface area contributed by atoms with Crippen LogP contribution in [-0.2, 0) is 0 Å². The summed E-state index contributed by atoms with van der Waals surface area (Å²) in [5.41, 5.74) is 2.59. The molecule has 0 aliphatic rings. The van der Waals surface area contributed by atoms with E-state index in [2.05, 4.69) is 4.98 Å². The number of aromatic nitrogens is 1. The molecule has 11 heavy (non-hydrogen) atoms. The zero-order valence-corrected chi connectivity index (χ0v) is 7.01. The van der Waals surface area contributed by atoms with Crippen LogP contribution in [-0.4, -0.2) is 22.4 Å². The fraction of sp³-hybridized carbons (Fsp3) is 0.400. The van der Waals surface area contributed by atoms with E-state index in [1.165, 1.54) is 18.4 Å². The minimum Gasteiger partial charge on any atom is -0.289 e. The van der Waals surface area contributed by atoms with Gasteiger partial charge >= 0.3 is 0 Å². The average Bonchev–Trinajstić information content (AvgIpc) is 2.30. The third kappa shape index (κ3) is 1.59. The van der Waals surface area contributed by atoms with Crippen LogP contribution in [0.25, 0.3) is 0 Å². The molecule has 62 valence electrons. The van der Waals surface area contributed by atoms with Gasteiger partial charge in [0, 0.05) is 7.05 Å². The summed E-state index contributed by atoms with van der Waals surface area (Å²) in [5.74, 6) is 0. The van der Waals surface area contributed by atoms with Gasteiger partial charge in [-0.05, 0) is 6.92 Å². The standard InChI is InChI=1S/C5H9N3O2S/c1-3-4(8(2)10)11-5(6-3)7-9/h9-10H,1-2H3,(H,6,7). The van der Waals surface area contributed by atoms with Crippen molar-refractivity contribution >= 4 is 21.5 Å². The second-order valence-corrected chi connectivity index (χ2v) is 3.02. The molecule has 0 aliphatic carbocycles. The normalized spacial score (nSPS) is 9.82. The van der Waals surface area contributed by atoms with Crippen LogP contribution >= 0.6 is 11.3 Å². The van der Waals surface area contributed by atoms with Crippen LogP contribution < -0.4 is 10.5 Å². The number of hydroxylamine groups is 1. The molecule has 1 aromatic rings. The summed E-state index contributed by atoms with van der Waals surface area (Å²) >= 11 is 1.17. The van der Waals surface area contributed by atoms with Gasteiger partial charge < -0.3 is 0 Å². The highest BCUT2D eigenvalue weighted by molar-refractivity contribution is 7.19. The summed E-state index contributed by atoms with van der Waals surface area (Å²) in [6.07, 6.45) is 0. The molecule has 0 spiro atoms. The zero-order chi connectivity index (χ0) is 8.43. The van der Waals surface area contributed by atoms with Crippen LogP contribution in [0.1, 0.15) is 5.69 Å². The number of anilines is 2. The summed E-state index contributed by atoms with van der Waals surface area (Å²) in [5, 5.41) is 19.4. The molecule has 0 unspecified atom stereocenters. The fourth-order valence-corrected chi connectivity index (χ4v) is 1.47. The molecule has 1 rings (SSSR count). The molecule has 5 nitrogen and oxygen atoms in total. The molecule has 3 N–H and O–H groups in total. The van der Waals surface area contributed by atoms with Crippen LogP contribution in [0.3, 0.4) is 0 Å². The molecule has 0 fully saturated rings. The first-order chi connectivity index (χ1) is 5.15. The predicted molar refractivity (Wildman–Crippen MR) is 42.4 cm³/mol. The number of thiazole rings is 1. The van der Waals surface area contributed by atoms with E-state index in [-0.39, 0.29) is 0 Å². The largest absolute Gasteiger partial charge is 0.289 e. The first-order valence-corrected chi connectivity index (χ1v) is 3.77. The molecular weight excluding hydrogens is 166 g/mol. The van der Waals surface area contributed by atoms with Gasteiger partial charge in [-0.25, -0.2) is 15.5 Å². The highest BCUT2D eigenvalue weighted by Gasteiger charge is 2.08. The van der Waals surface area contributed by atoms with Crippen molar-refractivity contribution in [2.45, 2.75) is 6.92 Å². The number of rotatable bonds is 2. The van der Waals surface area contributed by atoms with E-state index >= 15 is 0 Å². The summed E-state index contributed by atoms with van der Waals surface area (Å²) in [7, 11) is 1.50. The van der Waals surface area contributed by atoms with Crippen molar-refractivity contribution < 1.29 is 10.4 Å². The number of aryl methyl sites for hydroxylation is 1. The molecule has 6 heteroatoms. The first-order valence-electron chi connectivity index (χ1n) is 2.95. The van der Waals surface area contributed by atoms with Gasteiger partial charge in [0.15, 0.2) is 0 Å². The second-order valence-electron chi connectivity index (χ2n) is 2.04. The quantitative estimate of drug-likeness (QED) is 0.587. The van der Waals surface area contributed by atoms with E-state index in [0.29, 0.717) is 15.8 Å². The lowest BCUT2D eigenvalue weighted by molar-refractivity contribution is 0.281. The van der Waals surface area contributed by atoms with Gasteiger partial charge in [0.25, 0.3) is 0 Å². The van der Waals surface area contributed by atoms with E-state index in [4.69, 9.17) is 10.4 Å². The Hall–Kier alpha value is -0.850. The molecule has 0 bridgehead atoms. The number of nitrogens with one attached hydrogen (secondary N) is 1. The minimum atomic E-state index is 0.374. The Balaban J connectivity index is 2.97. The maximum Gasteiger partial charge on any atom is 0.209 e. The van der Waals surface area contributed by atoms with Crippen molar-refractivity contribution in [2.24, 2.45) is 0 Å². The van der Waals surface area contributed by atoms with Crippen LogP contribution in [0, 0.1) is 6.92 Å². The number of hydrogen-bond donors (Lipinski definition) is 3. The van der Waals surface area contributed by atoms with Gasteiger partial charge in [-0.15, -0.1) is 0 Å². The van der Waals surface area contributed by atoms with Crippen molar-refractivity contribution in [1.82, 2.24) is 4.98 Å². The van der Waals surface area contributed by atoms with Crippen molar-refractivity contribution in [3.05, 3.63) is 5.69 Å². The number of nitrogens with zero attached hydrogens (tertiary/aromatic N) is 2. The third-order valence-electron chi connectivity index (χ3n) is 1.16. The fourth-order valence-electron chi connectivity index (χ4n) is 0.736. The summed E-state index contributed by atoms with van der Waals surface area (Å²) < 4.78 is 0. The SMILES string of the molecule is Cc1nc(NO)sc1N(C)O. The molecule has 0 atom stereocenters. The van der Waals surface area contributed by atoms with Crippen molar-refractivity contribution in [3.8, 4) is 0 Å². The Morgan fingerprint density at radius 1 is 1.64 bits per heavy atom. The van der Waals surface area contributed by atoms with Crippen LogP contribution in [0.5, 0.6) is 0 Å². The average molecular weight is 175 g/mol. The second kappa shape index (κ2) is 3.04. The van der Waals surface area contributed by atoms with E-state index in [9.17, 15) is 0 Å². The predicted octanol–water partition coefficient (Wildman–Crippen LogP) is 1.08. The first kappa shape index (κ1) is 8.25. The van der Waals surface area contributed by atoms with E-state index in [1.807, 2.05) is 5.48 Å². The molecular formula is C5H9N3O2S. The van der Waals surface area contributed by atoms with Crippen LogP contribution in [0.4, 0.5) is 10.1 Å². The monoisotopic (exact) mass is 175 g/mol. The van der Waals surface area contributed by atoms with Gasteiger partial charge in [-0.1, -0.05) is 11.3 Å². The highest BCUT2D eigenvalue weighted by atomic mass is 32.1. The van der Waals surface area contributed by atoms with Gasteiger partial charge in [0.05, 0.1) is 5.69 Å². The molecule has 0 saturated carbocycles. The molecule has 1 heterocycles. The maximum absolute atomic E-state index is 9.01. The lowest BCUT2D eigenvalue weighted by atomic mass is 10.5. The Morgan fingerprint density at radius 2 is 2.27 bits per heavy atom. The number of hydrogen-bond acceptors (Lipinski definition) is 6. The molecule has 0 aromatic carbocycles. The van der Waals surface area contributed by atoms with Gasteiger partial charge in [0.2, 0.25) is 5.13 Å². The summed E-state index contributed by atoms with van der Waals surface area (Å²) in [6, 6.07) is 0. The zero-order valence-electron chi connectivity index (χ0n) is 6.20. The molecule has 0 saturated heterocycles. The van der Waals surface area contributed by atoms with Gasteiger partial charge in [-0.3, -0.25) is 10.4 Å². The highest BCUT2D eigenvalue weighted by Crippen LogP contribution is 2.28. The van der Waals surface area contributed by atoms with Crippen molar-refractivity contribution in [1.29, 1.82) is 0 Å². The Bertz CT molecular complexity index is 248. The topological polar surface area (TPSA) is 68.6 Å². The van der Waals surface area contributed by atoms with Gasteiger partial charge in [0.1, 0.15) is 5.00 Å². The Morgan fingerprint density at radius 3 is 2.55 bits per heavy atom. The maximum atomic E-state index is 9.01. The lowest BCUT2D eigenvalue weighted by Gasteiger charge is -2.05. The Kier molecular flexibility index (Phi) is 2.28. The van der Waals surface area contributed by atoms with Crippen LogP contribution in [0.2, 0.25) is 0 Å². The van der Waals surface area contributed by atoms with Gasteiger partial charge in [-0.2, -0.15) is 0 Å². The van der Waals surface area contributed by atoms with E-state index in [0.717, 1.165) is 5.06 Å². The molecule has 1 aromatic heterocycles. The summed E-state index contributed by atoms with van der Waals surface area (Å²) in [6.45, 7) is 1.75. The minimum absolute atomic E-state index is 0.374. The Labute approximate surface area is 67.8 Å². The van der Waals surface area contributed by atoms with E-state index < -0.39 is 0 Å². The lowest BCUT2D eigenvalue weighted by Crippen LogP contribution is -2.08. The van der Waals surface area contributed by atoms with E-state index in [1.54, 1.807) is 6.92 Å². The van der Waals surface area contributed by atoms with Crippen molar-refractivity contribution in [2.75, 3.05) is 17.6 Å². The molecule has 0 amide bonds. The summed E-state index contributed by atoms with van der Waals surface area (Å²) in [4.78, 5) is 3.91. The smallest absolute Gasteiger partial charge is 0.209 e. The van der Waals surface area contributed by atoms with Crippen LogP contribution in [0.15, 0.2) is 0 Å². The molecule has 0 radical (unpaired) electrons.